The maximum Gasteiger partial charge on any atom is 0.164 e. The van der Waals surface area contributed by atoms with Crippen molar-refractivity contribution < 1.29 is 4.42 Å². The Morgan fingerprint density at radius 3 is 2.07 bits per heavy atom. The number of furan rings is 1. The lowest BCUT2D eigenvalue weighted by Crippen LogP contribution is -2.01. The molecular weight excluding hydrogens is 528 g/mol. The first-order chi connectivity index (χ1) is 21.3. The van der Waals surface area contributed by atoms with E-state index in [-0.39, 0.29) is 0 Å². The highest BCUT2D eigenvalue weighted by molar-refractivity contribution is 6.19. The predicted octanol–water partition coefficient (Wildman–Crippen LogP) is 9.63. The molecule has 0 fully saturated rings. The summed E-state index contributed by atoms with van der Waals surface area (Å²) in [6.45, 7) is 0. The number of hydrogen-bond acceptors (Lipinski definition) is 5. The predicted molar refractivity (Wildman–Crippen MR) is 174 cm³/mol. The zero-order valence-corrected chi connectivity index (χ0v) is 22.9. The highest BCUT2D eigenvalue weighted by Crippen LogP contribution is 2.39. The smallest absolute Gasteiger partial charge is 0.164 e. The molecule has 9 aromatic rings. The van der Waals surface area contributed by atoms with Gasteiger partial charge in [-0.05, 0) is 40.4 Å². The second-order valence-corrected chi connectivity index (χ2v) is 10.7. The summed E-state index contributed by atoms with van der Waals surface area (Å²) in [4.78, 5) is 20.2. The molecule has 200 valence electrons. The van der Waals surface area contributed by atoms with Gasteiger partial charge in [0.25, 0.3) is 0 Å². The van der Waals surface area contributed by atoms with Crippen molar-refractivity contribution in [1.29, 1.82) is 0 Å². The van der Waals surface area contributed by atoms with Gasteiger partial charge in [0.05, 0.1) is 5.52 Å². The topological polar surface area (TPSA) is 64.7 Å². The lowest BCUT2D eigenvalue weighted by Gasteiger charge is -2.13. The minimum atomic E-state index is 0.594. The zero-order valence-electron chi connectivity index (χ0n) is 22.9. The van der Waals surface area contributed by atoms with Gasteiger partial charge in [-0.25, -0.2) is 15.0 Å². The van der Waals surface area contributed by atoms with Gasteiger partial charge in [-0.15, -0.1) is 0 Å². The van der Waals surface area contributed by atoms with Crippen LogP contribution in [0.4, 0.5) is 0 Å². The Morgan fingerprint density at radius 1 is 0.442 bits per heavy atom. The molecule has 0 aliphatic carbocycles. The third kappa shape index (κ3) is 3.72. The van der Waals surface area contributed by atoms with Crippen molar-refractivity contribution in [2.45, 2.75) is 0 Å². The molecule has 0 amide bonds. The molecule has 0 unspecified atom stereocenters. The summed E-state index contributed by atoms with van der Waals surface area (Å²) < 4.78 is 6.21. The van der Waals surface area contributed by atoms with E-state index in [1.807, 2.05) is 72.9 Å². The Labute approximate surface area is 246 Å². The number of fused-ring (bicyclic) bond motifs is 8. The lowest BCUT2D eigenvalue weighted by molar-refractivity contribution is 0.669. The Kier molecular flexibility index (Phi) is 5.13. The fourth-order valence-electron chi connectivity index (χ4n) is 6.20. The summed E-state index contributed by atoms with van der Waals surface area (Å²) in [6.07, 6.45) is 1.85. The van der Waals surface area contributed by atoms with E-state index in [9.17, 15) is 0 Å². The van der Waals surface area contributed by atoms with E-state index in [0.29, 0.717) is 17.5 Å². The van der Waals surface area contributed by atoms with Crippen LogP contribution in [-0.2, 0) is 0 Å². The van der Waals surface area contributed by atoms with Crippen molar-refractivity contribution in [1.82, 2.24) is 19.9 Å². The molecule has 6 aromatic carbocycles. The van der Waals surface area contributed by atoms with E-state index in [2.05, 4.69) is 60.7 Å². The number of hydrogen-bond donors (Lipinski definition) is 0. The fraction of sp³-hybridized carbons (Fsp3) is 0. The molecule has 0 bridgehead atoms. The van der Waals surface area contributed by atoms with Crippen LogP contribution in [0, 0.1) is 0 Å². The first-order valence-corrected chi connectivity index (χ1v) is 14.2. The molecule has 3 heterocycles. The average Bonchev–Trinajstić information content (AvgIpc) is 3.47. The molecular formula is C38H22N4O. The van der Waals surface area contributed by atoms with Gasteiger partial charge in [-0.2, -0.15) is 0 Å². The third-order valence-corrected chi connectivity index (χ3v) is 8.16. The molecule has 0 saturated heterocycles. The molecule has 3 aromatic heterocycles. The summed E-state index contributed by atoms with van der Waals surface area (Å²) in [5.41, 5.74) is 5.29. The normalized spacial score (nSPS) is 11.7. The highest BCUT2D eigenvalue weighted by Gasteiger charge is 2.20. The van der Waals surface area contributed by atoms with Gasteiger partial charge in [0.1, 0.15) is 11.2 Å². The number of benzene rings is 6. The van der Waals surface area contributed by atoms with Crippen molar-refractivity contribution in [2.24, 2.45) is 0 Å². The summed E-state index contributed by atoms with van der Waals surface area (Å²) in [5, 5.41) is 7.58. The molecule has 5 heteroatoms. The molecule has 0 aliphatic heterocycles. The molecule has 43 heavy (non-hydrogen) atoms. The van der Waals surface area contributed by atoms with E-state index in [1.165, 1.54) is 10.8 Å². The second-order valence-electron chi connectivity index (χ2n) is 10.7. The van der Waals surface area contributed by atoms with Gasteiger partial charge in [-0.3, -0.25) is 4.98 Å². The minimum Gasteiger partial charge on any atom is -0.456 e. The molecule has 0 aliphatic rings. The van der Waals surface area contributed by atoms with Crippen LogP contribution in [0.3, 0.4) is 0 Å². The zero-order chi connectivity index (χ0) is 28.3. The standard InChI is InChI=1S/C38H22N4O/c1-2-11-24(12-3-1)36-40-37(29-15-8-18-33-34(29)28-14-6-7-17-32(28)43-33)42-38(41-36)31-22-30-25-13-5-4-10-23(25)19-20-27(30)35-26(31)16-9-21-39-35/h1-22H. The van der Waals surface area contributed by atoms with E-state index in [0.717, 1.165) is 60.3 Å². The maximum atomic E-state index is 6.21. The number of rotatable bonds is 3. The summed E-state index contributed by atoms with van der Waals surface area (Å²) >= 11 is 0. The molecule has 5 nitrogen and oxygen atoms in total. The minimum absolute atomic E-state index is 0.594. The van der Waals surface area contributed by atoms with Crippen LogP contribution in [0.2, 0.25) is 0 Å². The quantitative estimate of drug-likeness (QED) is 0.205. The van der Waals surface area contributed by atoms with Crippen molar-refractivity contribution in [3.63, 3.8) is 0 Å². The van der Waals surface area contributed by atoms with Gasteiger partial charge >= 0.3 is 0 Å². The van der Waals surface area contributed by atoms with Crippen LogP contribution in [0.1, 0.15) is 0 Å². The number of pyridine rings is 1. The Balaban J connectivity index is 1.39. The molecule has 0 atom stereocenters. The first-order valence-electron chi connectivity index (χ1n) is 14.2. The van der Waals surface area contributed by atoms with Crippen molar-refractivity contribution >= 4 is 54.4 Å². The first kappa shape index (κ1) is 23.7. The van der Waals surface area contributed by atoms with Gasteiger partial charge in [0.15, 0.2) is 17.5 Å². The average molecular weight is 551 g/mol. The van der Waals surface area contributed by atoms with Crippen molar-refractivity contribution in [3.05, 3.63) is 134 Å². The van der Waals surface area contributed by atoms with E-state index in [4.69, 9.17) is 24.4 Å². The number of para-hydroxylation sites is 1. The van der Waals surface area contributed by atoms with Crippen LogP contribution >= 0.6 is 0 Å². The maximum absolute atomic E-state index is 6.21. The fourth-order valence-corrected chi connectivity index (χ4v) is 6.20. The van der Waals surface area contributed by atoms with Crippen LogP contribution in [0.25, 0.3) is 88.5 Å². The second kappa shape index (κ2) is 9.29. The SMILES string of the molecule is c1ccc(-c2nc(-c3cc4c5ccccc5ccc4c4ncccc34)nc(-c3cccc4oc5ccccc5c34)n2)cc1. The van der Waals surface area contributed by atoms with Gasteiger partial charge < -0.3 is 4.42 Å². The molecule has 9 rings (SSSR count). The summed E-state index contributed by atoms with van der Waals surface area (Å²) in [7, 11) is 0. The monoisotopic (exact) mass is 550 g/mol. The summed E-state index contributed by atoms with van der Waals surface area (Å²) in [6, 6.07) is 43.3. The highest BCUT2D eigenvalue weighted by atomic mass is 16.3. The Morgan fingerprint density at radius 2 is 1.16 bits per heavy atom. The Bertz CT molecular complexity index is 2520. The summed E-state index contributed by atoms with van der Waals surface area (Å²) in [5.74, 6) is 1.80. The largest absolute Gasteiger partial charge is 0.456 e. The van der Waals surface area contributed by atoms with E-state index in [1.54, 1.807) is 0 Å². The van der Waals surface area contributed by atoms with Crippen LogP contribution < -0.4 is 0 Å². The van der Waals surface area contributed by atoms with Crippen LogP contribution in [0.15, 0.2) is 138 Å². The van der Waals surface area contributed by atoms with Crippen molar-refractivity contribution in [3.8, 4) is 34.2 Å². The lowest BCUT2D eigenvalue weighted by atomic mass is 9.96. The number of nitrogens with zero attached hydrogens (tertiary/aromatic N) is 4. The van der Waals surface area contributed by atoms with E-state index < -0.39 is 0 Å². The molecule has 0 radical (unpaired) electrons. The van der Waals surface area contributed by atoms with Gasteiger partial charge in [-0.1, -0.05) is 103 Å². The van der Waals surface area contributed by atoms with Crippen LogP contribution in [0.5, 0.6) is 0 Å². The van der Waals surface area contributed by atoms with Gasteiger partial charge in [0, 0.05) is 44.4 Å². The number of aromatic nitrogens is 4. The molecule has 0 N–H and O–H groups in total. The Hall–Kier alpha value is -5.94. The molecule has 0 saturated carbocycles. The molecule has 0 spiro atoms. The van der Waals surface area contributed by atoms with Gasteiger partial charge in [0.2, 0.25) is 0 Å². The van der Waals surface area contributed by atoms with Crippen LogP contribution in [-0.4, -0.2) is 19.9 Å². The third-order valence-electron chi connectivity index (χ3n) is 8.16. The van der Waals surface area contributed by atoms with E-state index >= 15 is 0 Å². The van der Waals surface area contributed by atoms with Crippen molar-refractivity contribution in [2.75, 3.05) is 0 Å².